The number of benzene rings is 3. The van der Waals surface area contributed by atoms with Gasteiger partial charge in [-0.25, -0.2) is 9.59 Å². The molecular formula is C34H28N2O6. The van der Waals surface area contributed by atoms with Crippen LogP contribution < -0.4 is 5.69 Å². The van der Waals surface area contributed by atoms with E-state index in [-0.39, 0.29) is 37.0 Å². The molecule has 0 fully saturated rings. The van der Waals surface area contributed by atoms with Crippen LogP contribution in [0.2, 0.25) is 0 Å². The van der Waals surface area contributed by atoms with Gasteiger partial charge in [0.15, 0.2) is 5.76 Å². The number of rotatable bonds is 11. The van der Waals surface area contributed by atoms with E-state index < -0.39 is 11.7 Å². The largest absolute Gasteiger partial charge is 0.481 e. The molecule has 0 amide bonds. The second-order valence-corrected chi connectivity index (χ2v) is 9.80. The maximum atomic E-state index is 12.8. The molecule has 8 nitrogen and oxygen atoms in total. The van der Waals surface area contributed by atoms with Crippen LogP contribution in [0.5, 0.6) is 0 Å². The Labute approximate surface area is 242 Å². The summed E-state index contributed by atoms with van der Waals surface area (Å²) in [6.07, 6.45) is 4.81. The minimum Gasteiger partial charge on any atom is -0.481 e. The van der Waals surface area contributed by atoms with E-state index in [1.807, 2.05) is 84.9 Å². The number of carbonyl (C=O) groups is 1. The molecule has 0 spiro atoms. The molecule has 3 aromatic carbocycles. The second kappa shape index (κ2) is 12.4. The first kappa shape index (κ1) is 26.8. The molecule has 0 bridgehead atoms. The van der Waals surface area contributed by atoms with Crippen LogP contribution in [0, 0.1) is 0 Å². The zero-order valence-electron chi connectivity index (χ0n) is 22.8. The number of furan rings is 1. The molecule has 1 aliphatic heterocycles. The molecule has 0 N–H and O–H groups in total. The topological polar surface area (TPSA) is 92.8 Å². The standard InChI is InChI=1S/C34H28N2O6/c37-33-31(40-23-26-14-8-3-9-15-26)30(39-22-25-12-6-2-7-13-25)29(42-33)18-19-36-21-27-20-28(41-32(27)35-34(36)38)17-16-24-10-4-1-5-11-24/h1-15,18,20-21H,16-17,19,22-23H2/b29-18-. The number of aromatic nitrogens is 2. The van der Waals surface area contributed by atoms with Gasteiger partial charge in [0.05, 0.1) is 5.39 Å². The van der Waals surface area contributed by atoms with Crippen molar-refractivity contribution in [3.63, 3.8) is 0 Å². The monoisotopic (exact) mass is 560 g/mol. The van der Waals surface area contributed by atoms with Crippen molar-refractivity contribution in [3.8, 4) is 0 Å². The summed E-state index contributed by atoms with van der Waals surface area (Å²) in [6, 6.07) is 31.1. The first-order valence-electron chi connectivity index (χ1n) is 13.7. The third-order valence-corrected chi connectivity index (χ3v) is 6.78. The fraction of sp³-hybridized carbons (Fsp3) is 0.147. The number of cyclic esters (lactones) is 1. The van der Waals surface area contributed by atoms with Crippen LogP contribution in [0.4, 0.5) is 0 Å². The number of ether oxygens (including phenoxy) is 3. The van der Waals surface area contributed by atoms with Gasteiger partial charge in [-0.3, -0.25) is 4.57 Å². The molecule has 3 heterocycles. The van der Waals surface area contributed by atoms with Gasteiger partial charge in [0.25, 0.3) is 5.76 Å². The highest BCUT2D eigenvalue weighted by Crippen LogP contribution is 2.30. The number of allylic oxidation sites excluding steroid dienone is 1. The molecule has 0 atom stereocenters. The van der Waals surface area contributed by atoms with E-state index in [2.05, 4.69) is 17.1 Å². The Bertz CT molecular complexity index is 1810. The molecule has 0 radical (unpaired) electrons. The number of nitrogens with zero attached hydrogens (tertiary/aromatic N) is 2. The molecule has 42 heavy (non-hydrogen) atoms. The highest BCUT2D eigenvalue weighted by Gasteiger charge is 2.34. The third kappa shape index (κ3) is 6.33. The van der Waals surface area contributed by atoms with Gasteiger partial charge < -0.3 is 18.6 Å². The molecule has 2 aromatic heterocycles. The summed E-state index contributed by atoms with van der Waals surface area (Å²) < 4.78 is 24.7. The third-order valence-electron chi connectivity index (χ3n) is 6.78. The number of hydrogen-bond donors (Lipinski definition) is 0. The van der Waals surface area contributed by atoms with Gasteiger partial charge in [0.2, 0.25) is 11.5 Å². The molecule has 0 saturated heterocycles. The van der Waals surface area contributed by atoms with Gasteiger partial charge in [-0.05, 0) is 35.3 Å². The highest BCUT2D eigenvalue weighted by molar-refractivity contribution is 5.91. The smallest absolute Gasteiger partial charge is 0.383 e. The summed E-state index contributed by atoms with van der Waals surface area (Å²) in [5, 5.41) is 0.711. The zero-order chi connectivity index (χ0) is 28.7. The number of aryl methyl sites for hydroxylation is 2. The van der Waals surface area contributed by atoms with E-state index in [1.54, 1.807) is 12.3 Å². The minimum atomic E-state index is -0.654. The van der Waals surface area contributed by atoms with Gasteiger partial charge in [0.1, 0.15) is 19.0 Å². The van der Waals surface area contributed by atoms with E-state index in [1.165, 1.54) is 10.1 Å². The molecule has 8 heteroatoms. The van der Waals surface area contributed by atoms with Crippen molar-refractivity contribution in [1.29, 1.82) is 0 Å². The highest BCUT2D eigenvalue weighted by atomic mass is 16.6. The first-order chi connectivity index (χ1) is 20.6. The average molecular weight is 561 g/mol. The maximum absolute atomic E-state index is 12.8. The molecule has 0 unspecified atom stereocenters. The average Bonchev–Trinajstić information content (AvgIpc) is 3.56. The molecule has 0 aliphatic carbocycles. The SMILES string of the molecule is O=C1O/C(=C\Cn2cc3cc(CCc4ccccc4)oc3nc2=O)C(OCc2ccccc2)=C1OCc1ccccc1. The van der Waals surface area contributed by atoms with E-state index in [0.717, 1.165) is 23.3 Å². The van der Waals surface area contributed by atoms with Crippen molar-refractivity contribution in [3.05, 3.63) is 160 Å². The predicted molar refractivity (Wildman–Crippen MR) is 156 cm³/mol. The Balaban J connectivity index is 1.22. The van der Waals surface area contributed by atoms with E-state index in [4.69, 9.17) is 18.6 Å². The van der Waals surface area contributed by atoms with Gasteiger partial charge in [-0.1, -0.05) is 91.0 Å². The van der Waals surface area contributed by atoms with E-state index in [0.29, 0.717) is 17.5 Å². The first-order valence-corrected chi connectivity index (χ1v) is 13.7. The van der Waals surface area contributed by atoms with Crippen molar-refractivity contribution in [2.24, 2.45) is 0 Å². The lowest BCUT2D eigenvalue weighted by atomic mass is 10.1. The molecule has 5 aromatic rings. The Kier molecular flexibility index (Phi) is 7.94. The van der Waals surface area contributed by atoms with Crippen LogP contribution in [0.25, 0.3) is 11.1 Å². The summed E-state index contributed by atoms with van der Waals surface area (Å²) >= 11 is 0. The summed E-state index contributed by atoms with van der Waals surface area (Å²) in [5.41, 5.74) is 2.83. The zero-order valence-corrected chi connectivity index (χ0v) is 22.8. The molecule has 210 valence electrons. The van der Waals surface area contributed by atoms with Crippen molar-refractivity contribution in [1.82, 2.24) is 9.55 Å². The normalized spacial score (nSPS) is 14.0. The maximum Gasteiger partial charge on any atom is 0.383 e. The van der Waals surface area contributed by atoms with Crippen LogP contribution in [-0.2, 0) is 51.6 Å². The van der Waals surface area contributed by atoms with Gasteiger partial charge in [-0.15, -0.1) is 0 Å². The fourth-order valence-corrected chi connectivity index (χ4v) is 4.60. The second-order valence-electron chi connectivity index (χ2n) is 9.80. The number of hydrogen-bond acceptors (Lipinski definition) is 7. The predicted octanol–water partition coefficient (Wildman–Crippen LogP) is 5.86. The van der Waals surface area contributed by atoms with E-state index >= 15 is 0 Å². The van der Waals surface area contributed by atoms with Crippen molar-refractivity contribution < 1.29 is 23.4 Å². The van der Waals surface area contributed by atoms with Gasteiger partial charge in [-0.2, -0.15) is 4.98 Å². The van der Waals surface area contributed by atoms with E-state index in [9.17, 15) is 9.59 Å². The Morgan fingerprint density at radius 3 is 1.98 bits per heavy atom. The van der Waals surface area contributed by atoms with Crippen molar-refractivity contribution >= 4 is 17.1 Å². The Hall–Kier alpha value is -5.37. The van der Waals surface area contributed by atoms with Gasteiger partial charge in [0, 0.05) is 19.2 Å². The Morgan fingerprint density at radius 1 is 0.738 bits per heavy atom. The lowest BCUT2D eigenvalue weighted by Crippen LogP contribution is -2.21. The van der Waals surface area contributed by atoms with Crippen LogP contribution in [0.3, 0.4) is 0 Å². The summed E-state index contributed by atoms with van der Waals surface area (Å²) in [6.45, 7) is 0.472. The Morgan fingerprint density at radius 2 is 1.33 bits per heavy atom. The molecular weight excluding hydrogens is 532 g/mol. The summed E-state index contributed by atoms with van der Waals surface area (Å²) in [5.74, 6) is 0.454. The lowest BCUT2D eigenvalue weighted by molar-refractivity contribution is -0.136. The molecule has 0 saturated carbocycles. The molecule has 1 aliphatic rings. The molecule has 6 rings (SSSR count). The number of carbonyl (C=O) groups excluding carboxylic acids is 1. The van der Waals surface area contributed by atoms with Gasteiger partial charge >= 0.3 is 11.7 Å². The lowest BCUT2D eigenvalue weighted by Gasteiger charge is -2.10. The fourth-order valence-electron chi connectivity index (χ4n) is 4.60. The number of esters is 1. The van der Waals surface area contributed by atoms with Crippen LogP contribution in [0.1, 0.15) is 22.5 Å². The summed E-state index contributed by atoms with van der Waals surface area (Å²) in [7, 11) is 0. The van der Waals surface area contributed by atoms with Crippen LogP contribution >= 0.6 is 0 Å². The quantitative estimate of drug-likeness (QED) is 0.187. The summed E-state index contributed by atoms with van der Waals surface area (Å²) in [4.78, 5) is 29.7. The van der Waals surface area contributed by atoms with Crippen LogP contribution in [0.15, 0.2) is 136 Å². The minimum absolute atomic E-state index is 0.0140. The number of fused-ring (bicyclic) bond motifs is 1. The van der Waals surface area contributed by atoms with Crippen molar-refractivity contribution in [2.75, 3.05) is 0 Å². The van der Waals surface area contributed by atoms with Crippen molar-refractivity contribution in [2.45, 2.75) is 32.6 Å². The van der Waals surface area contributed by atoms with Crippen LogP contribution in [-0.4, -0.2) is 15.5 Å².